The number of aliphatic hydroxyl groups is 1. The second-order valence-corrected chi connectivity index (χ2v) is 4.72. The van der Waals surface area contributed by atoms with Crippen LogP contribution in [0.15, 0.2) is 24.3 Å². The molecule has 1 aromatic rings. The smallest absolute Gasteiger partial charge is 0.161 e. The summed E-state index contributed by atoms with van der Waals surface area (Å²) in [4.78, 5) is 2.28. The fourth-order valence-electron chi connectivity index (χ4n) is 1.92. The van der Waals surface area contributed by atoms with E-state index >= 15 is 0 Å². The molecule has 0 spiro atoms. The van der Waals surface area contributed by atoms with Crippen LogP contribution in [0.5, 0.6) is 11.5 Å². The number of likely N-dealkylation sites (N-methyl/N-ethyl adjacent to an activating group) is 1. The first-order valence-electron chi connectivity index (χ1n) is 7.45. The zero-order valence-electron chi connectivity index (χ0n) is 13.2. The lowest BCUT2D eigenvalue weighted by Crippen LogP contribution is -2.29. The Kier molecular flexibility index (Phi) is 8.82. The van der Waals surface area contributed by atoms with Crippen molar-refractivity contribution < 1.29 is 19.3 Å². The van der Waals surface area contributed by atoms with Crippen molar-refractivity contribution in [3.8, 4) is 11.5 Å². The lowest BCUT2D eigenvalue weighted by molar-refractivity contribution is 0.00588. The SMILES string of the molecule is CCN(CC)CCOC[C@@H](O)COc1ccccc1OC. The van der Waals surface area contributed by atoms with Crippen molar-refractivity contribution >= 4 is 0 Å². The molecule has 0 saturated heterocycles. The third kappa shape index (κ3) is 6.80. The van der Waals surface area contributed by atoms with Crippen LogP contribution in [-0.2, 0) is 4.74 Å². The molecule has 21 heavy (non-hydrogen) atoms. The Morgan fingerprint density at radius 1 is 1.10 bits per heavy atom. The molecule has 1 rings (SSSR count). The fourth-order valence-corrected chi connectivity index (χ4v) is 1.92. The quantitative estimate of drug-likeness (QED) is 0.631. The van der Waals surface area contributed by atoms with Gasteiger partial charge in [0.25, 0.3) is 0 Å². The minimum absolute atomic E-state index is 0.186. The van der Waals surface area contributed by atoms with Crippen LogP contribution in [0.1, 0.15) is 13.8 Å². The summed E-state index contributed by atoms with van der Waals surface area (Å²) in [5.74, 6) is 1.29. The van der Waals surface area contributed by atoms with Crippen LogP contribution in [0.25, 0.3) is 0 Å². The van der Waals surface area contributed by atoms with Crippen LogP contribution >= 0.6 is 0 Å². The number of hydrogen-bond donors (Lipinski definition) is 1. The molecular weight excluding hydrogens is 270 g/mol. The van der Waals surface area contributed by atoms with E-state index in [1.807, 2.05) is 24.3 Å². The number of nitrogens with zero attached hydrogens (tertiary/aromatic N) is 1. The highest BCUT2D eigenvalue weighted by atomic mass is 16.5. The first-order chi connectivity index (χ1) is 10.2. The third-order valence-electron chi connectivity index (χ3n) is 3.26. The van der Waals surface area contributed by atoms with E-state index < -0.39 is 6.10 Å². The van der Waals surface area contributed by atoms with Gasteiger partial charge in [-0.1, -0.05) is 26.0 Å². The summed E-state index contributed by atoms with van der Waals surface area (Å²) in [7, 11) is 1.59. The van der Waals surface area contributed by atoms with Gasteiger partial charge in [-0.05, 0) is 25.2 Å². The van der Waals surface area contributed by atoms with Crippen molar-refractivity contribution in [1.29, 1.82) is 0 Å². The zero-order chi connectivity index (χ0) is 15.5. The Bertz CT molecular complexity index is 382. The van der Waals surface area contributed by atoms with Gasteiger partial charge >= 0.3 is 0 Å². The van der Waals surface area contributed by atoms with E-state index in [0.717, 1.165) is 19.6 Å². The molecule has 0 bridgehead atoms. The molecule has 0 saturated carbocycles. The molecular formula is C16H27NO4. The summed E-state index contributed by atoms with van der Waals surface area (Å²) < 4.78 is 16.2. The summed E-state index contributed by atoms with van der Waals surface area (Å²) in [5, 5.41) is 9.85. The predicted molar refractivity (Wildman–Crippen MR) is 83.1 cm³/mol. The number of methoxy groups -OCH3 is 1. The van der Waals surface area contributed by atoms with Crippen LogP contribution in [0.2, 0.25) is 0 Å². The third-order valence-corrected chi connectivity index (χ3v) is 3.26. The molecule has 0 unspecified atom stereocenters. The van der Waals surface area contributed by atoms with Gasteiger partial charge in [-0.25, -0.2) is 0 Å². The van der Waals surface area contributed by atoms with Gasteiger partial charge in [-0.15, -0.1) is 0 Å². The van der Waals surface area contributed by atoms with E-state index in [1.165, 1.54) is 0 Å². The highest BCUT2D eigenvalue weighted by Crippen LogP contribution is 2.25. The van der Waals surface area contributed by atoms with Crippen molar-refractivity contribution in [2.45, 2.75) is 20.0 Å². The maximum atomic E-state index is 9.85. The second kappa shape index (κ2) is 10.4. The van der Waals surface area contributed by atoms with E-state index in [0.29, 0.717) is 18.1 Å². The second-order valence-electron chi connectivity index (χ2n) is 4.72. The first kappa shape index (κ1) is 17.8. The van der Waals surface area contributed by atoms with E-state index in [2.05, 4.69) is 18.7 Å². The molecule has 0 aromatic heterocycles. The molecule has 0 aliphatic carbocycles. The summed E-state index contributed by atoms with van der Waals surface area (Å²) >= 11 is 0. The van der Waals surface area contributed by atoms with Gasteiger partial charge in [0.2, 0.25) is 0 Å². The standard InChI is InChI=1S/C16H27NO4/c1-4-17(5-2)10-11-20-12-14(18)13-21-16-9-7-6-8-15(16)19-3/h6-9,14,18H,4-5,10-13H2,1-3H3/t14-/m1/s1. The van der Waals surface area contributed by atoms with E-state index in [1.54, 1.807) is 7.11 Å². The number of rotatable bonds is 11. The summed E-state index contributed by atoms with van der Waals surface area (Å²) in [6, 6.07) is 7.37. The molecule has 5 heteroatoms. The van der Waals surface area contributed by atoms with Crippen molar-refractivity contribution in [3.05, 3.63) is 24.3 Å². The van der Waals surface area contributed by atoms with E-state index in [4.69, 9.17) is 14.2 Å². The topological polar surface area (TPSA) is 51.2 Å². The molecule has 0 fully saturated rings. The number of benzene rings is 1. The van der Waals surface area contributed by atoms with Crippen molar-refractivity contribution in [3.63, 3.8) is 0 Å². The Morgan fingerprint density at radius 2 is 1.76 bits per heavy atom. The van der Waals surface area contributed by atoms with E-state index in [-0.39, 0.29) is 13.2 Å². The minimum Gasteiger partial charge on any atom is -0.493 e. The molecule has 1 atom stereocenters. The number of aliphatic hydroxyl groups excluding tert-OH is 1. The molecule has 0 amide bonds. The van der Waals surface area contributed by atoms with E-state index in [9.17, 15) is 5.11 Å². The maximum Gasteiger partial charge on any atom is 0.161 e. The van der Waals surface area contributed by atoms with Gasteiger partial charge in [-0.3, -0.25) is 0 Å². The Hall–Kier alpha value is -1.30. The van der Waals surface area contributed by atoms with Crippen LogP contribution in [0.3, 0.4) is 0 Å². The molecule has 1 N–H and O–H groups in total. The van der Waals surface area contributed by atoms with Crippen LogP contribution in [-0.4, -0.2) is 62.7 Å². The number of hydrogen-bond acceptors (Lipinski definition) is 5. The van der Waals surface area contributed by atoms with Gasteiger partial charge in [0.15, 0.2) is 11.5 Å². The molecule has 0 heterocycles. The highest BCUT2D eigenvalue weighted by Gasteiger charge is 2.08. The Morgan fingerprint density at radius 3 is 2.38 bits per heavy atom. The van der Waals surface area contributed by atoms with Gasteiger partial charge in [0, 0.05) is 6.54 Å². The lowest BCUT2D eigenvalue weighted by atomic mass is 10.3. The number of ether oxygens (including phenoxy) is 3. The minimum atomic E-state index is -0.647. The highest BCUT2D eigenvalue weighted by molar-refractivity contribution is 5.39. The monoisotopic (exact) mass is 297 g/mol. The molecule has 120 valence electrons. The first-order valence-corrected chi connectivity index (χ1v) is 7.45. The Balaban J connectivity index is 2.20. The summed E-state index contributed by atoms with van der Waals surface area (Å²) in [5.41, 5.74) is 0. The maximum absolute atomic E-state index is 9.85. The normalized spacial score (nSPS) is 12.4. The van der Waals surface area contributed by atoms with Crippen LogP contribution in [0, 0.1) is 0 Å². The molecule has 1 aromatic carbocycles. The summed E-state index contributed by atoms with van der Waals surface area (Å²) in [6.45, 7) is 8.24. The average molecular weight is 297 g/mol. The van der Waals surface area contributed by atoms with Gasteiger partial charge < -0.3 is 24.2 Å². The largest absolute Gasteiger partial charge is 0.493 e. The number of para-hydroxylation sites is 2. The molecule has 0 aliphatic rings. The van der Waals surface area contributed by atoms with Crippen molar-refractivity contribution in [2.24, 2.45) is 0 Å². The van der Waals surface area contributed by atoms with Crippen LogP contribution < -0.4 is 9.47 Å². The molecule has 0 radical (unpaired) electrons. The fraction of sp³-hybridized carbons (Fsp3) is 0.625. The Labute approximate surface area is 127 Å². The van der Waals surface area contributed by atoms with Crippen molar-refractivity contribution in [1.82, 2.24) is 4.90 Å². The predicted octanol–water partition coefficient (Wildman–Crippen LogP) is 1.79. The van der Waals surface area contributed by atoms with Gasteiger partial charge in [0.05, 0.1) is 20.3 Å². The van der Waals surface area contributed by atoms with Gasteiger partial charge in [0.1, 0.15) is 12.7 Å². The molecule has 5 nitrogen and oxygen atoms in total. The van der Waals surface area contributed by atoms with Crippen LogP contribution in [0.4, 0.5) is 0 Å². The molecule has 0 aliphatic heterocycles. The van der Waals surface area contributed by atoms with Crippen molar-refractivity contribution in [2.75, 3.05) is 46.6 Å². The van der Waals surface area contributed by atoms with Gasteiger partial charge in [-0.2, -0.15) is 0 Å². The average Bonchev–Trinajstić information content (AvgIpc) is 2.53. The summed E-state index contributed by atoms with van der Waals surface area (Å²) in [6.07, 6.45) is -0.647. The zero-order valence-corrected chi connectivity index (χ0v) is 13.2. The lowest BCUT2D eigenvalue weighted by Gasteiger charge is -2.19.